The zero-order chi connectivity index (χ0) is 25.1. The molecule has 1 fully saturated rings. The van der Waals surface area contributed by atoms with Crippen LogP contribution < -0.4 is 10.6 Å². The lowest BCUT2D eigenvalue weighted by Crippen LogP contribution is -2.52. The van der Waals surface area contributed by atoms with Crippen LogP contribution in [-0.2, 0) is 16.1 Å². The predicted molar refractivity (Wildman–Crippen MR) is 136 cm³/mol. The zero-order valence-electron chi connectivity index (χ0n) is 20.8. The molecule has 2 heterocycles. The van der Waals surface area contributed by atoms with Gasteiger partial charge in [0.2, 0.25) is 11.8 Å². The molecule has 2 aromatic carbocycles. The van der Waals surface area contributed by atoms with E-state index in [-0.39, 0.29) is 30.3 Å². The lowest BCUT2D eigenvalue weighted by molar-refractivity contribution is -0.134. The first-order valence-electron chi connectivity index (χ1n) is 11.9. The van der Waals surface area contributed by atoms with E-state index in [1.165, 1.54) is 10.9 Å². The molecule has 3 N–H and O–H groups in total. The Labute approximate surface area is 205 Å². The fraction of sp³-hybridized carbons (Fsp3) is 0.370. The Morgan fingerprint density at radius 3 is 2.63 bits per heavy atom. The molecule has 1 atom stereocenters. The van der Waals surface area contributed by atoms with E-state index in [0.29, 0.717) is 31.7 Å². The predicted octanol–water partition coefficient (Wildman–Crippen LogP) is 2.67. The van der Waals surface area contributed by atoms with Gasteiger partial charge in [-0.25, -0.2) is 0 Å². The number of aryl methyl sites for hydroxylation is 2. The van der Waals surface area contributed by atoms with Crippen molar-refractivity contribution in [2.75, 3.05) is 33.2 Å². The SMILES string of the molecule is CNC(=O)c1cccc(C2CN(CC(=O)NCc3ccc4[nH]c(C)c(C)c4c3)CCN2C(C)=O)c1. The van der Waals surface area contributed by atoms with Gasteiger partial charge in [0.1, 0.15) is 0 Å². The summed E-state index contributed by atoms with van der Waals surface area (Å²) in [4.78, 5) is 44.4. The van der Waals surface area contributed by atoms with Gasteiger partial charge in [-0.05, 0) is 54.8 Å². The number of nitrogens with one attached hydrogen (secondary N) is 3. The molecule has 4 rings (SSSR count). The van der Waals surface area contributed by atoms with E-state index in [1.807, 2.05) is 29.2 Å². The highest BCUT2D eigenvalue weighted by atomic mass is 16.2. The van der Waals surface area contributed by atoms with Crippen molar-refractivity contribution in [2.24, 2.45) is 0 Å². The number of aromatic amines is 1. The van der Waals surface area contributed by atoms with Crippen molar-refractivity contribution in [3.8, 4) is 0 Å². The number of benzene rings is 2. The topological polar surface area (TPSA) is 97.5 Å². The second-order valence-corrected chi connectivity index (χ2v) is 9.20. The second kappa shape index (κ2) is 10.3. The van der Waals surface area contributed by atoms with Crippen LogP contribution in [0.5, 0.6) is 0 Å². The Kier molecular flexibility index (Phi) is 7.21. The molecule has 1 aliphatic rings. The highest BCUT2D eigenvalue weighted by Crippen LogP contribution is 2.26. The van der Waals surface area contributed by atoms with Gasteiger partial charge in [-0.3, -0.25) is 19.3 Å². The summed E-state index contributed by atoms with van der Waals surface area (Å²) in [6.07, 6.45) is 0. The average molecular weight is 476 g/mol. The van der Waals surface area contributed by atoms with Crippen molar-refractivity contribution in [3.05, 3.63) is 70.4 Å². The molecule has 3 amide bonds. The van der Waals surface area contributed by atoms with Crippen LogP contribution in [0.3, 0.4) is 0 Å². The van der Waals surface area contributed by atoms with E-state index in [0.717, 1.165) is 22.3 Å². The number of aromatic nitrogens is 1. The first-order valence-corrected chi connectivity index (χ1v) is 11.9. The van der Waals surface area contributed by atoms with E-state index >= 15 is 0 Å². The molecule has 3 aromatic rings. The molecular weight excluding hydrogens is 442 g/mol. The van der Waals surface area contributed by atoms with Crippen molar-refractivity contribution in [2.45, 2.75) is 33.4 Å². The Morgan fingerprint density at radius 2 is 1.89 bits per heavy atom. The normalized spacial score (nSPS) is 16.3. The fourth-order valence-corrected chi connectivity index (χ4v) is 4.75. The zero-order valence-corrected chi connectivity index (χ0v) is 20.8. The highest BCUT2D eigenvalue weighted by molar-refractivity contribution is 5.94. The number of H-pyrrole nitrogens is 1. The van der Waals surface area contributed by atoms with E-state index in [9.17, 15) is 14.4 Å². The molecule has 0 saturated carbocycles. The molecule has 8 heteroatoms. The summed E-state index contributed by atoms with van der Waals surface area (Å²) >= 11 is 0. The number of fused-ring (bicyclic) bond motifs is 1. The van der Waals surface area contributed by atoms with Crippen LogP contribution in [0.4, 0.5) is 0 Å². The van der Waals surface area contributed by atoms with E-state index in [2.05, 4.69) is 46.5 Å². The number of carbonyl (C=O) groups is 3. The summed E-state index contributed by atoms with van der Waals surface area (Å²) in [7, 11) is 1.59. The summed E-state index contributed by atoms with van der Waals surface area (Å²) in [6.45, 7) is 8.10. The molecule has 184 valence electrons. The van der Waals surface area contributed by atoms with Crippen molar-refractivity contribution >= 4 is 28.6 Å². The minimum absolute atomic E-state index is 0.0184. The third kappa shape index (κ3) is 5.38. The third-order valence-electron chi connectivity index (χ3n) is 6.86. The number of rotatable bonds is 6. The second-order valence-electron chi connectivity index (χ2n) is 9.20. The number of carbonyl (C=O) groups excluding carboxylic acids is 3. The summed E-state index contributed by atoms with van der Waals surface area (Å²) < 4.78 is 0. The van der Waals surface area contributed by atoms with E-state index in [4.69, 9.17) is 0 Å². The lowest BCUT2D eigenvalue weighted by atomic mass is 9.99. The summed E-state index contributed by atoms with van der Waals surface area (Å²) in [5.74, 6) is -0.243. The Balaban J connectivity index is 1.41. The Morgan fingerprint density at radius 1 is 1.09 bits per heavy atom. The van der Waals surface area contributed by atoms with Gasteiger partial charge in [-0.15, -0.1) is 0 Å². The van der Waals surface area contributed by atoms with Crippen LogP contribution in [0.15, 0.2) is 42.5 Å². The minimum Gasteiger partial charge on any atom is -0.358 e. The molecule has 0 bridgehead atoms. The molecule has 8 nitrogen and oxygen atoms in total. The molecule has 1 unspecified atom stereocenters. The maximum atomic E-state index is 12.8. The molecule has 1 aromatic heterocycles. The van der Waals surface area contributed by atoms with Crippen molar-refractivity contribution in [1.29, 1.82) is 0 Å². The highest BCUT2D eigenvalue weighted by Gasteiger charge is 2.31. The van der Waals surface area contributed by atoms with Crippen LogP contribution in [0.2, 0.25) is 0 Å². The summed E-state index contributed by atoms with van der Waals surface area (Å²) in [6, 6.07) is 13.3. The standard InChI is InChI=1S/C27H33N5O3/c1-17-18(2)30-24-9-8-20(12-23(17)24)14-29-26(34)16-31-10-11-32(19(3)33)25(15-31)21-6-5-7-22(13-21)27(35)28-4/h5-9,12-13,25,30H,10-11,14-16H2,1-4H3,(H,28,35)(H,29,34). The van der Waals surface area contributed by atoms with E-state index in [1.54, 1.807) is 20.0 Å². The molecule has 0 spiro atoms. The molecule has 0 radical (unpaired) electrons. The van der Waals surface area contributed by atoms with Crippen LogP contribution in [0, 0.1) is 13.8 Å². The summed E-state index contributed by atoms with van der Waals surface area (Å²) in [5, 5.41) is 6.85. The lowest BCUT2D eigenvalue weighted by Gasteiger charge is -2.41. The fourth-order valence-electron chi connectivity index (χ4n) is 4.75. The molecule has 1 saturated heterocycles. The molecular formula is C27H33N5O3. The minimum atomic E-state index is -0.221. The maximum Gasteiger partial charge on any atom is 0.251 e. The van der Waals surface area contributed by atoms with Gasteiger partial charge in [0, 0.05) is 62.3 Å². The summed E-state index contributed by atoms with van der Waals surface area (Å²) in [5.41, 5.74) is 5.97. The van der Waals surface area contributed by atoms with Crippen LogP contribution >= 0.6 is 0 Å². The Hall–Kier alpha value is -3.65. The van der Waals surface area contributed by atoms with Gasteiger partial charge in [0.15, 0.2) is 0 Å². The van der Waals surface area contributed by atoms with Crippen LogP contribution in [-0.4, -0.2) is 65.7 Å². The first kappa shape index (κ1) is 24.5. The number of hydrogen-bond acceptors (Lipinski definition) is 4. The van der Waals surface area contributed by atoms with Crippen LogP contribution in [0.25, 0.3) is 10.9 Å². The van der Waals surface area contributed by atoms with Crippen molar-refractivity contribution in [1.82, 2.24) is 25.4 Å². The Bertz CT molecular complexity index is 1260. The number of hydrogen-bond donors (Lipinski definition) is 3. The molecule has 35 heavy (non-hydrogen) atoms. The quantitative estimate of drug-likeness (QED) is 0.511. The average Bonchev–Trinajstić information content (AvgIpc) is 3.14. The monoisotopic (exact) mass is 475 g/mol. The van der Waals surface area contributed by atoms with Gasteiger partial charge in [-0.1, -0.05) is 18.2 Å². The first-order chi connectivity index (χ1) is 16.8. The number of nitrogens with zero attached hydrogens (tertiary/aromatic N) is 2. The molecule has 1 aliphatic heterocycles. The van der Waals surface area contributed by atoms with Gasteiger partial charge in [0.05, 0.1) is 12.6 Å². The largest absolute Gasteiger partial charge is 0.358 e. The van der Waals surface area contributed by atoms with Gasteiger partial charge >= 0.3 is 0 Å². The number of piperazine rings is 1. The third-order valence-corrected chi connectivity index (χ3v) is 6.86. The smallest absolute Gasteiger partial charge is 0.251 e. The van der Waals surface area contributed by atoms with Gasteiger partial charge in [-0.2, -0.15) is 0 Å². The van der Waals surface area contributed by atoms with Gasteiger partial charge < -0.3 is 20.5 Å². The van der Waals surface area contributed by atoms with Crippen LogP contribution in [0.1, 0.15) is 45.7 Å². The maximum absolute atomic E-state index is 12.8. The van der Waals surface area contributed by atoms with Crippen molar-refractivity contribution in [3.63, 3.8) is 0 Å². The van der Waals surface area contributed by atoms with E-state index < -0.39 is 0 Å². The molecule has 0 aliphatic carbocycles. The number of amides is 3. The van der Waals surface area contributed by atoms with Gasteiger partial charge in [0.25, 0.3) is 5.91 Å². The van der Waals surface area contributed by atoms with Crippen molar-refractivity contribution < 1.29 is 14.4 Å².